The molecule has 2 heteroatoms. The largest absolute Gasteiger partial charge is 0.364 e. The summed E-state index contributed by atoms with van der Waals surface area (Å²) in [4.78, 5) is 2.10. The Morgan fingerprint density at radius 2 is 1.75 bits per heavy atom. The van der Waals surface area contributed by atoms with Crippen LogP contribution in [0.2, 0.25) is 0 Å². The van der Waals surface area contributed by atoms with Crippen LogP contribution in [0.15, 0.2) is 11.3 Å². The first-order valence-corrected chi connectivity index (χ1v) is 4.55. The lowest BCUT2D eigenvalue weighted by atomic mass is 10.1. The van der Waals surface area contributed by atoms with E-state index in [2.05, 4.69) is 31.7 Å². The molecule has 0 saturated carbocycles. The molecule has 0 atom stereocenters. The minimum Gasteiger partial charge on any atom is -0.364 e. The van der Waals surface area contributed by atoms with Gasteiger partial charge < -0.3 is 4.90 Å². The fraction of sp³-hybridized carbons (Fsp3) is 0.700. The smallest absolute Gasteiger partial charge is 0.117 e. The Kier molecular flexibility index (Phi) is 5.19. The first-order valence-electron chi connectivity index (χ1n) is 4.55. The van der Waals surface area contributed by atoms with Crippen LogP contribution in [-0.4, -0.2) is 18.0 Å². The maximum absolute atomic E-state index is 8.91. The molecule has 2 nitrogen and oxygen atoms in total. The van der Waals surface area contributed by atoms with Crippen LogP contribution >= 0.6 is 0 Å². The van der Waals surface area contributed by atoms with Gasteiger partial charge in [0.15, 0.2) is 0 Å². The fourth-order valence-electron chi connectivity index (χ4n) is 1.14. The summed E-state index contributed by atoms with van der Waals surface area (Å²) in [5.41, 5.74) is 2.03. The summed E-state index contributed by atoms with van der Waals surface area (Å²) in [5.74, 6) is 0. The third-order valence-electron chi connectivity index (χ3n) is 2.12. The number of rotatable bonds is 4. The number of nitriles is 1. The lowest BCUT2D eigenvalue weighted by molar-refractivity contribution is 0.392. The summed E-state index contributed by atoms with van der Waals surface area (Å²) in [5, 5.41) is 8.91. The van der Waals surface area contributed by atoms with Crippen LogP contribution in [0.5, 0.6) is 0 Å². The van der Waals surface area contributed by atoms with Gasteiger partial charge in [-0.3, -0.25) is 0 Å². The summed E-state index contributed by atoms with van der Waals surface area (Å²) < 4.78 is 0. The molecule has 0 radical (unpaired) electrons. The molecule has 68 valence electrons. The molecule has 0 aliphatic carbocycles. The predicted molar refractivity (Wildman–Crippen MR) is 51.5 cm³/mol. The van der Waals surface area contributed by atoms with Gasteiger partial charge in [0.2, 0.25) is 0 Å². The number of allylic oxidation sites excluding steroid dienone is 2. The van der Waals surface area contributed by atoms with Crippen molar-refractivity contribution in [1.29, 1.82) is 5.26 Å². The normalized spacial score (nSPS) is 11.9. The second-order valence-corrected chi connectivity index (χ2v) is 2.77. The van der Waals surface area contributed by atoms with Crippen LogP contribution in [0.1, 0.15) is 34.1 Å². The molecule has 0 spiro atoms. The SMILES string of the molecule is CC/C(C)=C(\C#N)N(CC)CC. The first-order chi connectivity index (χ1) is 5.71. The highest BCUT2D eigenvalue weighted by molar-refractivity contribution is 5.25. The van der Waals surface area contributed by atoms with Crippen molar-refractivity contribution < 1.29 is 0 Å². The van der Waals surface area contributed by atoms with E-state index < -0.39 is 0 Å². The molecule has 0 rings (SSSR count). The van der Waals surface area contributed by atoms with E-state index in [1.54, 1.807) is 0 Å². The molecule has 0 aromatic carbocycles. The summed E-state index contributed by atoms with van der Waals surface area (Å²) in [6, 6.07) is 2.26. The standard InChI is InChI=1S/C10H18N2/c1-5-9(4)10(8-11)12(6-2)7-3/h5-7H2,1-4H3/b10-9+. The molecule has 0 N–H and O–H groups in total. The topological polar surface area (TPSA) is 27.0 Å². The van der Waals surface area contributed by atoms with Crippen molar-refractivity contribution >= 4 is 0 Å². The van der Waals surface area contributed by atoms with Gasteiger partial charge in [-0.25, -0.2) is 0 Å². The Bertz CT molecular complexity index is 194. The predicted octanol–water partition coefficient (Wildman–Crippen LogP) is 2.54. The van der Waals surface area contributed by atoms with Gasteiger partial charge >= 0.3 is 0 Å². The quantitative estimate of drug-likeness (QED) is 0.600. The fourth-order valence-corrected chi connectivity index (χ4v) is 1.14. The minimum absolute atomic E-state index is 0.850. The van der Waals surface area contributed by atoms with E-state index in [1.165, 1.54) is 5.57 Å². The summed E-state index contributed by atoms with van der Waals surface area (Å²) in [7, 11) is 0. The Labute approximate surface area is 75.5 Å². The van der Waals surface area contributed by atoms with Crippen molar-refractivity contribution in [3.63, 3.8) is 0 Å². The molecule has 0 fully saturated rings. The van der Waals surface area contributed by atoms with Crippen molar-refractivity contribution in [2.45, 2.75) is 34.1 Å². The van der Waals surface area contributed by atoms with Gasteiger partial charge in [0.25, 0.3) is 0 Å². The van der Waals surface area contributed by atoms with E-state index in [4.69, 9.17) is 5.26 Å². The second-order valence-electron chi connectivity index (χ2n) is 2.77. The van der Waals surface area contributed by atoms with Crippen LogP contribution < -0.4 is 0 Å². The highest BCUT2D eigenvalue weighted by Crippen LogP contribution is 2.11. The molecule has 0 bridgehead atoms. The van der Waals surface area contributed by atoms with Gasteiger partial charge in [-0.05, 0) is 32.8 Å². The number of nitrogens with zero attached hydrogens (tertiary/aromatic N) is 2. The Hall–Kier alpha value is -0.970. The Balaban J connectivity index is 4.66. The number of hydrogen-bond donors (Lipinski definition) is 0. The second kappa shape index (κ2) is 5.65. The van der Waals surface area contributed by atoms with Gasteiger partial charge in [0, 0.05) is 13.1 Å². The third-order valence-corrected chi connectivity index (χ3v) is 2.12. The van der Waals surface area contributed by atoms with Crippen LogP contribution in [0.3, 0.4) is 0 Å². The monoisotopic (exact) mass is 166 g/mol. The molecule has 0 aromatic rings. The Morgan fingerprint density at radius 3 is 2.00 bits per heavy atom. The van der Waals surface area contributed by atoms with Gasteiger partial charge in [0.1, 0.15) is 11.8 Å². The maximum Gasteiger partial charge on any atom is 0.117 e. The minimum atomic E-state index is 0.850. The molecular weight excluding hydrogens is 148 g/mol. The molecule has 0 heterocycles. The molecule has 0 aromatic heterocycles. The van der Waals surface area contributed by atoms with Crippen molar-refractivity contribution in [3.05, 3.63) is 11.3 Å². The van der Waals surface area contributed by atoms with Crippen LogP contribution in [-0.2, 0) is 0 Å². The van der Waals surface area contributed by atoms with E-state index in [0.29, 0.717) is 0 Å². The van der Waals surface area contributed by atoms with Gasteiger partial charge in [-0.2, -0.15) is 5.26 Å². The highest BCUT2D eigenvalue weighted by Gasteiger charge is 2.06. The number of hydrogen-bond acceptors (Lipinski definition) is 2. The van der Waals surface area contributed by atoms with E-state index in [9.17, 15) is 0 Å². The average Bonchev–Trinajstić information content (AvgIpc) is 2.12. The van der Waals surface area contributed by atoms with Crippen molar-refractivity contribution in [1.82, 2.24) is 4.90 Å². The average molecular weight is 166 g/mol. The van der Waals surface area contributed by atoms with Crippen molar-refractivity contribution in [3.8, 4) is 6.07 Å². The van der Waals surface area contributed by atoms with Crippen LogP contribution in [0, 0.1) is 11.3 Å². The van der Waals surface area contributed by atoms with Gasteiger partial charge in [0.05, 0.1) is 0 Å². The zero-order chi connectivity index (χ0) is 9.56. The van der Waals surface area contributed by atoms with E-state index in [0.717, 1.165) is 25.2 Å². The van der Waals surface area contributed by atoms with Gasteiger partial charge in [-0.1, -0.05) is 6.92 Å². The van der Waals surface area contributed by atoms with Crippen molar-refractivity contribution in [2.24, 2.45) is 0 Å². The van der Waals surface area contributed by atoms with E-state index >= 15 is 0 Å². The zero-order valence-corrected chi connectivity index (χ0v) is 8.52. The summed E-state index contributed by atoms with van der Waals surface area (Å²) in [6.07, 6.45) is 0.958. The summed E-state index contributed by atoms with van der Waals surface area (Å²) >= 11 is 0. The van der Waals surface area contributed by atoms with Crippen molar-refractivity contribution in [2.75, 3.05) is 13.1 Å². The molecule has 12 heavy (non-hydrogen) atoms. The maximum atomic E-state index is 8.91. The first kappa shape index (κ1) is 11.0. The summed E-state index contributed by atoms with van der Waals surface area (Å²) in [6.45, 7) is 10.1. The van der Waals surface area contributed by atoms with E-state index in [-0.39, 0.29) is 0 Å². The molecule has 0 amide bonds. The molecular formula is C10H18N2. The van der Waals surface area contributed by atoms with Crippen LogP contribution in [0.25, 0.3) is 0 Å². The molecule has 0 unspecified atom stereocenters. The molecule has 0 saturated heterocycles. The zero-order valence-electron chi connectivity index (χ0n) is 8.52. The molecule has 0 aliphatic heterocycles. The third kappa shape index (κ3) is 2.58. The van der Waals surface area contributed by atoms with Crippen LogP contribution in [0.4, 0.5) is 0 Å². The van der Waals surface area contributed by atoms with E-state index in [1.807, 2.05) is 6.92 Å². The lowest BCUT2D eigenvalue weighted by Crippen LogP contribution is -2.22. The highest BCUT2D eigenvalue weighted by atomic mass is 15.1. The molecule has 0 aliphatic rings. The Morgan fingerprint density at radius 1 is 1.25 bits per heavy atom. The lowest BCUT2D eigenvalue weighted by Gasteiger charge is -2.21. The van der Waals surface area contributed by atoms with Gasteiger partial charge in [-0.15, -0.1) is 0 Å².